The van der Waals surface area contributed by atoms with E-state index in [1.807, 2.05) is 6.07 Å². The van der Waals surface area contributed by atoms with E-state index >= 15 is 0 Å². The molecule has 0 saturated carbocycles. The van der Waals surface area contributed by atoms with Crippen molar-refractivity contribution in [3.8, 4) is 11.8 Å². The van der Waals surface area contributed by atoms with Gasteiger partial charge in [-0.25, -0.2) is 4.39 Å². The van der Waals surface area contributed by atoms with Crippen LogP contribution in [0.1, 0.15) is 16.8 Å². The number of nitrogens with zero attached hydrogens (tertiary/aromatic N) is 2. The number of nitriles is 1. The molecule has 0 aliphatic carbocycles. The Morgan fingerprint density at radius 3 is 2.37 bits per heavy atom. The quantitative estimate of drug-likeness (QED) is 0.803. The number of pyridine rings is 1. The first kappa shape index (κ1) is 13.3. The first-order valence-electron chi connectivity index (χ1n) is 5.55. The van der Waals surface area contributed by atoms with Crippen molar-refractivity contribution in [1.29, 1.82) is 5.26 Å². The number of hydrogen-bond donors (Lipinski definition) is 0. The summed E-state index contributed by atoms with van der Waals surface area (Å²) in [6.07, 6.45) is 0. The summed E-state index contributed by atoms with van der Waals surface area (Å²) in [5.74, 6) is -0.388. The third kappa shape index (κ3) is 2.13. The smallest absolute Gasteiger partial charge is 0.274 e. The van der Waals surface area contributed by atoms with E-state index in [-0.39, 0.29) is 16.4 Å². The van der Waals surface area contributed by atoms with Gasteiger partial charge in [-0.2, -0.15) is 5.26 Å². The molecule has 0 atom stereocenters. The topological polar surface area (TPSA) is 45.8 Å². The van der Waals surface area contributed by atoms with E-state index in [4.69, 9.17) is 16.9 Å². The maximum absolute atomic E-state index is 12.9. The first-order valence-corrected chi connectivity index (χ1v) is 5.93. The maximum Gasteiger partial charge on any atom is 0.274 e. The fourth-order valence-corrected chi connectivity index (χ4v) is 2.13. The highest BCUT2D eigenvalue weighted by Gasteiger charge is 2.16. The van der Waals surface area contributed by atoms with Gasteiger partial charge in [0.05, 0.1) is 5.02 Å². The number of halogens is 2. The molecule has 3 nitrogen and oxygen atoms in total. The van der Waals surface area contributed by atoms with E-state index < -0.39 is 5.56 Å². The fraction of sp³-hybridized carbons (Fsp3) is 0.143. The van der Waals surface area contributed by atoms with Gasteiger partial charge in [-0.3, -0.25) is 9.36 Å². The van der Waals surface area contributed by atoms with E-state index in [0.29, 0.717) is 16.9 Å². The lowest BCUT2D eigenvalue weighted by Crippen LogP contribution is -2.24. The Labute approximate surface area is 114 Å². The molecule has 0 unspecified atom stereocenters. The average Bonchev–Trinajstić information content (AvgIpc) is 2.39. The molecular weight excluding hydrogens is 267 g/mol. The zero-order valence-electron chi connectivity index (χ0n) is 10.4. The normalized spacial score (nSPS) is 10.3. The van der Waals surface area contributed by atoms with Gasteiger partial charge >= 0.3 is 0 Å². The molecule has 0 aliphatic heterocycles. The number of hydrogen-bond acceptors (Lipinski definition) is 2. The van der Waals surface area contributed by atoms with Gasteiger partial charge in [0.25, 0.3) is 5.56 Å². The van der Waals surface area contributed by atoms with Gasteiger partial charge in [0.15, 0.2) is 0 Å². The van der Waals surface area contributed by atoms with Crippen LogP contribution in [0.5, 0.6) is 0 Å². The van der Waals surface area contributed by atoms with Crippen molar-refractivity contribution in [3.05, 3.63) is 62.3 Å². The Hall–Kier alpha value is -2.12. The molecule has 0 bridgehead atoms. The second kappa shape index (κ2) is 4.87. The minimum absolute atomic E-state index is 0.103. The van der Waals surface area contributed by atoms with Gasteiger partial charge in [-0.15, -0.1) is 0 Å². The predicted octanol–water partition coefficient (Wildman–Crippen LogP) is 3.12. The van der Waals surface area contributed by atoms with Crippen LogP contribution in [-0.2, 0) is 0 Å². The Kier molecular flexibility index (Phi) is 3.41. The van der Waals surface area contributed by atoms with Crippen LogP contribution in [0.4, 0.5) is 4.39 Å². The van der Waals surface area contributed by atoms with E-state index in [0.717, 1.165) is 0 Å². The lowest BCUT2D eigenvalue weighted by Gasteiger charge is -2.14. The van der Waals surface area contributed by atoms with Crippen LogP contribution in [0.25, 0.3) is 5.69 Å². The van der Waals surface area contributed by atoms with Gasteiger partial charge in [0.1, 0.15) is 17.4 Å². The number of aromatic nitrogens is 1. The van der Waals surface area contributed by atoms with E-state index in [1.165, 1.54) is 28.8 Å². The molecule has 19 heavy (non-hydrogen) atoms. The highest BCUT2D eigenvalue weighted by Crippen LogP contribution is 2.22. The summed E-state index contributed by atoms with van der Waals surface area (Å²) in [6.45, 7) is 3.46. The van der Waals surface area contributed by atoms with E-state index in [2.05, 4.69) is 0 Å². The fourth-order valence-electron chi connectivity index (χ4n) is 1.87. The molecule has 2 aromatic rings. The largest absolute Gasteiger partial charge is 0.280 e. The molecule has 0 N–H and O–H groups in total. The lowest BCUT2D eigenvalue weighted by molar-refractivity contribution is 0.627. The first-order chi connectivity index (χ1) is 8.97. The minimum atomic E-state index is -0.498. The Balaban J connectivity index is 2.85. The van der Waals surface area contributed by atoms with Crippen molar-refractivity contribution in [3.63, 3.8) is 0 Å². The Morgan fingerprint density at radius 1 is 1.26 bits per heavy atom. The molecule has 0 radical (unpaired) electrons. The molecule has 1 heterocycles. The van der Waals surface area contributed by atoms with Gasteiger partial charge in [0.2, 0.25) is 0 Å². The molecule has 96 valence electrons. The van der Waals surface area contributed by atoms with Gasteiger partial charge in [-0.05, 0) is 43.7 Å². The highest BCUT2D eigenvalue weighted by molar-refractivity contribution is 6.32. The van der Waals surface area contributed by atoms with Crippen LogP contribution >= 0.6 is 11.6 Å². The zero-order chi connectivity index (χ0) is 14.2. The van der Waals surface area contributed by atoms with Gasteiger partial charge < -0.3 is 0 Å². The van der Waals surface area contributed by atoms with E-state index in [9.17, 15) is 9.18 Å². The summed E-state index contributed by atoms with van der Waals surface area (Å²) >= 11 is 5.99. The second-order valence-electron chi connectivity index (χ2n) is 4.13. The van der Waals surface area contributed by atoms with Crippen LogP contribution in [0.3, 0.4) is 0 Å². The van der Waals surface area contributed by atoms with E-state index in [1.54, 1.807) is 13.8 Å². The molecule has 0 aliphatic rings. The molecule has 1 aromatic heterocycles. The van der Waals surface area contributed by atoms with Crippen molar-refractivity contribution in [1.82, 2.24) is 4.57 Å². The Morgan fingerprint density at radius 2 is 1.84 bits per heavy atom. The number of rotatable bonds is 1. The minimum Gasteiger partial charge on any atom is -0.280 e. The maximum atomic E-state index is 12.9. The predicted molar refractivity (Wildman–Crippen MR) is 71.2 cm³/mol. The summed E-state index contributed by atoms with van der Waals surface area (Å²) < 4.78 is 14.3. The molecule has 0 amide bonds. The number of benzene rings is 1. The van der Waals surface area contributed by atoms with Crippen molar-refractivity contribution in [2.75, 3.05) is 0 Å². The molecule has 1 aromatic carbocycles. The molecule has 0 saturated heterocycles. The second-order valence-corrected chi connectivity index (χ2v) is 4.51. The molecule has 5 heteroatoms. The van der Waals surface area contributed by atoms with Crippen LogP contribution in [-0.4, -0.2) is 4.57 Å². The lowest BCUT2D eigenvalue weighted by atomic mass is 10.1. The average molecular weight is 277 g/mol. The van der Waals surface area contributed by atoms with Crippen LogP contribution in [0.15, 0.2) is 29.1 Å². The van der Waals surface area contributed by atoms with Crippen molar-refractivity contribution in [2.24, 2.45) is 0 Å². The monoisotopic (exact) mass is 276 g/mol. The third-order valence-corrected chi connectivity index (χ3v) is 3.51. The summed E-state index contributed by atoms with van der Waals surface area (Å²) in [7, 11) is 0. The standard InChI is InChI=1S/C14H10ClFN2O/c1-8-9(2)18(11-5-3-10(16)4-6-11)14(19)12(7-17)13(8)15/h3-6H,1-2H3. The summed E-state index contributed by atoms with van der Waals surface area (Å²) in [4.78, 5) is 12.2. The third-order valence-electron chi connectivity index (χ3n) is 3.04. The van der Waals surface area contributed by atoms with Crippen molar-refractivity contribution < 1.29 is 4.39 Å². The zero-order valence-corrected chi connectivity index (χ0v) is 11.1. The molecule has 2 rings (SSSR count). The van der Waals surface area contributed by atoms with Crippen molar-refractivity contribution in [2.45, 2.75) is 13.8 Å². The molecular formula is C14H10ClFN2O. The summed E-state index contributed by atoms with van der Waals surface area (Å²) in [6, 6.07) is 7.30. The van der Waals surface area contributed by atoms with Gasteiger partial charge in [0, 0.05) is 11.4 Å². The van der Waals surface area contributed by atoms with Crippen LogP contribution in [0.2, 0.25) is 5.02 Å². The summed E-state index contributed by atoms with van der Waals surface area (Å²) in [5.41, 5.74) is 1.18. The highest BCUT2D eigenvalue weighted by atomic mass is 35.5. The SMILES string of the molecule is Cc1c(Cl)c(C#N)c(=O)n(-c2ccc(F)cc2)c1C. The van der Waals surface area contributed by atoms with Gasteiger partial charge in [-0.1, -0.05) is 11.6 Å². The molecule has 0 spiro atoms. The molecule has 0 fully saturated rings. The van der Waals surface area contributed by atoms with Crippen molar-refractivity contribution >= 4 is 11.6 Å². The Bertz CT molecular complexity index is 742. The van der Waals surface area contributed by atoms with Crippen LogP contribution < -0.4 is 5.56 Å². The van der Waals surface area contributed by atoms with Crippen LogP contribution in [0, 0.1) is 31.0 Å². The summed E-state index contributed by atoms with van der Waals surface area (Å²) in [5, 5.41) is 9.19.